The highest BCUT2D eigenvalue weighted by Crippen LogP contribution is 2.41. The number of nitrogens with zero attached hydrogens (tertiary/aromatic N) is 2. The van der Waals surface area contributed by atoms with E-state index in [1.165, 1.54) is 4.90 Å². The molecule has 2 fully saturated rings. The molecule has 4 rings (SSSR count). The molecule has 124 valence electrons. The number of imide groups is 1. The smallest absolute Gasteiger partial charge is 0.233 e. The molecule has 1 aliphatic carbocycles. The quantitative estimate of drug-likeness (QED) is 0.808. The number of amides is 2. The van der Waals surface area contributed by atoms with Gasteiger partial charge in [-0.1, -0.05) is 25.0 Å². The molecule has 0 spiro atoms. The van der Waals surface area contributed by atoms with Gasteiger partial charge in [-0.25, -0.2) is 0 Å². The van der Waals surface area contributed by atoms with Crippen LogP contribution in [0.25, 0.3) is 5.69 Å². The molecule has 0 N–H and O–H groups in total. The van der Waals surface area contributed by atoms with E-state index in [1.54, 1.807) is 0 Å². The minimum Gasteiger partial charge on any atom is -0.324 e. The fourth-order valence-electron chi connectivity index (χ4n) is 4.15. The lowest BCUT2D eigenvalue weighted by Gasteiger charge is -2.23. The first-order valence-corrected chi connectivity index (χ1v) is 8.77. The summed E-state index contributed by atoms with van der Waals surface area (Å²) in [5.41, 5.74) is 2.08. The first-order valence-electron chi connectivity index (χ1n) is 8.77. The fourth-order valence-corrected chi connectivity index (χ4v) is 4.15. The molecule has 4 nitrogen and oxygen atoms in total. The Hall–Kier alpha value is -2.36. The third kappa shape index (κ3) is 2.37. The summed E-state index contributed by atoms with van der Waals surface area (Å²) in [5, 5.41) is 0. The van der Waals surface area contributed by atoms with Gasteiger partial charge in [0, 0.05) is 18.1 Å². The maximum atomic E-state index is 12.7. The van der Waals surface area contributed by atoms with E-state index in [4.69, 9.17) is 0 Å². The van der Waals surface area contributed by atoms with E-state index in [-0.39, 0.29) is 29.7 Å². The van der Waals surface area contributed by atoms with E-state index >= 15 is 0 Å². The van der Waals surface area contributed by atoms with Crippen molar-refractivity contribution in [3.63, 3.8) is 0 Å². The molecule has 2 aromatic rings. The predicted octanol–water partition coefficient (Wildman–Crippen LogP) is 3.71. The van der Waals surface area contributed by atoms with Gasteiger partial charge in [0.05, 0.1) is 17.9 Å². The molecule has 4 heteroatoms. The van der Waals surface area contributed by atoms with Crippen LogP contribution in [0.5, 0.6) is 0 Å². The average Bonchev–Trinajstić information content (AvgIpc) is 3.23. The van der Waals surface area contributed by atoms with Crippen molar-refractivity contribution in [3.8, 4) is 5.69 Å². The summed E-state index contributed by atoms with van der Waals surface area (Å²) < 4.78 is 2.04. The van der Waals surface area contributed by atoms with Crippen LogP contribution in [0.15, 0.2) is 48.8 Å². The molecule has 0 radical (unpaired) electrons. The normalized spacial score (nSPS) is 25.0. The number of hydrogen-bond donors (Lipinski definition) is 0. The molecule has 2 aliphatic rings. The molecule has 1 aliphatic heterocycles. The summed E-state index contributed by atoms with van der Waals surface area (Å²) >= 11 is 0. The molecule has 0 unspecified atom stereocenters. The largest absolute Gasteiger partial charge is 0.324 e. The number of hydrogen-bond acceptors (Lipinski definition) is 2. The van der Waals surface area contributed by atoms with Crippen LogP contribution in [0.3, 0.4) is 0 Å². The van der Waals surface area contributed by atoms with E-state index in [0.717, 1.165) is 36.9 Å². The van der Waals surface area contributed by atoms with Crippen molar-refractivity contribution in [3.05, 3.63) is 54.4 Å². The number of likely N-dealkylation sites (tertiary alicyclic amines) is 1. The third-order valence-electron chi connectivity index (χ3n) is 5.54. The first kappa shape index (κ1) is 15.2. The molecule has 0 bridgehead atoms. The highest BCUT2D eigenvalue weighted by molar-refractivity contribution is 6.05. The van der Waals surface area contributed by atoms with Crippen molar-refractivity contribution in [1.29, 1.82) is 0 Å². The molecule has 24 heavy (non-hydrogen) atoms. The highest BCUT2D eigenvalue weighted by Gasteiger charge is 2.49. The van der Waals surface area contributed by atoms with Crippen molar-refractivity contribution in [1.82, 2.24) is 9.47 Å². The molecular formula is C20H22N2O2. The van der Waals surface area contributed by atoms with Crippen LogP contribution in [0.2, 0.25) is 0 Å². The number of fused-ring (bicyclic) bond motifs is 1. The number of aromatic nitrogens is 1. The Morgan fingerprint density at radius 1 is 0.917 bits per heavy atom. The standard InChI is InChI=1S/C20H22N2O2/c1-14(15-8-10-16(11-9-15)21-12-4-5-13-21)22-19(23)17-6-2-3-7-18(17)20(22)24/h4-5,8-14,17-18H,2-3,6-7H2,1H3/t14-,17-,18+/m0/s1. The van der Waals surface area contributed by atoms with Gasteiger partial charge in [-0.15, -0.1) is 0 Å². The van der Waals surface area contributed by atoms with Crippen molar-refractivity contribution >= 4 is 11.8 Å². The summed E-state index contributed by atoms with van der Waals surface area (Å²) in [7, 11) is 0. The van der Waals surface area contributed by atoms with Crippen LogP contribution < -0.4 is 0 Å². The molecule has 2 heterocycles. The van der Waals surface area contributed by atoms with Gasteiger partial charge in [0.15, 0.2) is 0 Å². The number of rotatable bonds is 3. The zero-order chi connectivity index (χ0) is 16.7. The average molecular weight is 322 g/mol. The van der Waals surface area contributed by atoms with Gasteiger partial charge in [-0.2, -0.15) is 0 Å². The maximum Gasteiger partial charge on any atom is 0.233 e. The molecule has 1 saturated carbocycles. The monoisotopic (exact) mass is 322 g/mol. The molecule has 1 aromatic heterocycles. The van der Waals surface area contributed by atoms with Crippen molar-refractivity contribution in [2.24, 2.45) is 11.8 Å². The topological polar surface area (TPSA) is 42.3 Å². The van der Waals surface area contributed by atoms with Gasteiger partial charge >= 0.3 is 0 Å². The Morgan fingerprint density at radius 3 is 2.00 bits per heavy atom. The summed E-state index contributed by atoms with van der Waals surface area (Å²) in [5.74, 6) is -0.0842. The number of benzene rings is 1. The molecule has 2 amide bonds. The van der Waals surface area contributed by atoms with E-state index in [2.05, 4.69) is 0 Å². The van der Waals surface area contributed by atoms with Crippen molar-refractivity contribution in [2.75, 3.05) is 0 Å². The minimum absolute atomic E-state index is 0.0340. The van der Waals surface area contributed by atoms with Crippen molar-refractivity contribution in [2.45, 2.75) is 38.6 Å². The summed E-state index contributed by atoms with van der Waals surface area (Å²) in [4.78, 5) is 27.0. The lowest BCUT2D eigenvalue weighted by molar-refractivity contribution is -0.142. The lowest BCUT2D eigenvalue weighted by atomic mass is 9.81. The highest BCUT2D eigenvalue weighted by atomic mass is 16.2. The van der Waals surface area contributed by atoms with Crippen LogP contribution >= 0.6 is 0 Å². The van der Waals surface area contributed by atoms with Crippen LogP contribution in [-0.2, 0) is 9.59 Å². The van der Waals surface area contributed by atoms with Gasteiger partial charge in [0.1, 0.15) is 0 Å². The molecule has 3 atom stereocenters. The second-order valence-corrected chi connectivity index (χ2v) is 6.90. The van der Waals surface area contributed by atoms with E-state index in [0.29, 0.717) is 0 Å². The van der Waals surface area contributed by atoms with Gasteiger partial charge < -0.3 is 4.57 Å². The second-order valence-electron chi connectivity index (χ2n) is 6.90. The van der Waals surface area contributed by atoms with Crippen LogP contribution in [-0.4, -0.2) is 21.3 Å². The van der Waals surface area contributed by atoms with E-state index in [9.17, 15) is 9.59 Å². The van der Waals surface area contributed by atoms with Gasteiger partial charge in [0.2, 0.25) is 11.8 Å². The van der Waals surface area contributed by atoms with Crippen LogP contribution in [0, 0.1) is 11.8 Å². The lowest BCUT2D eigenvalue weighted by Crippen LogP contribution is -2.33. The van der Waals surface area contributed by atoms with Crippen LogP contribution in [0.1, 0.15) is 44.2 Å². The number of carbonyl (C=O) groups is 2. The maximum absolute atomic E-state index is 12.7. The SMILES string of the molecule is C[C@@H](c1ccc(-n2cccc2)cc1)N1C(=O)[C@H]2CCCC[C@H]2C1=O. The van der Waals surface area contributed by atoms with Crippen LogP contribution in [0.4, 0.5) is 0 Å². The zero-order valence-electron chi connectivity index (χ0n) is 13.9. The molecule has 1 saturated heterocycles. The molecule has 1 aromatic carbocycles. The summed E-state index contributed by atoms with van der Waals surface area (Å²) in [6.45, 7) is 1.96. The molecular weight excluding hydrogens is 300 g/mol. The third-order valence-corrected chi connectivity index (χ3v) is 5.54. The Balaban J connectivity index is 1.58. The Bertz CT molecular complexity index is 724. The fraction of sp³-hybridized carbons (Fsp3) is 0.400. The zero-order valence-corrected chi connectivity index (χ0v) is 13.9. The second kappa shape index (κ2) is 5.93. The van der Waals surface area contributed by atoms with E-state index < -0.39 is 0 Å². The van der Waals surface area contributed by atoms with Gasteiger partial charge in [-0.3, -0.25) is 14.5 Å². The Morgan fingerprint density at radius 2 is 1.46 bits per heavy atom. The Kier molecular flexibility index (Phi) is 3.75. The van der Waals surface area contributed by atoms with Gasteiger partial charge in [-0.05, 0) is 49.6 Å². The van der Waals surface area contributed by atoms with Gasteiger partial charge in [0.25, 0.3) is 0 Å². The summed E-state index contributed by atoms with van der Waals surface area (Å²) in [6.07, 6.45) is 7.85. The first-order chi connectivity index (χ1) is 11.7. The van der Waals surface area contributed by atoms with E-state index in [1.807, 2.05) is 60.3 Å². The minimum atomic E-state index is -0.200. The van der Waals surface area contributed by atoms with Crippen molar-refractivity contribution < 1.29 is 9.59 Å². The number of carbonyl (C=O) groups excluding carboxylic acids is 2. The predicted molar refractivity (Wildman–Crippen MR) is 91.5 cm³/mol. The summed E-state index contributed by atoms with van der Waals surface area (Å²) in [6, 6.07) is 11.9. The Labute approximate surface area is 142 Å².